The Balaban J connectivity index is 2.48. The third-order valence-electron chi connectivity index (χ3n) is 2.46. The Morgan fingerprint density at radius 1 is 1.12 bits per heavy atom. The second-order valence-corrected chi connectivity index (χ2v) is 4.13. The van der Waals surface area contributed by atoms with Gasteiger partial charge in [-0.1, -0.05) is 23.7 Å². The maximum Gasteiger partial charge on any atom is 0.127 e. The van der Waals surface area contributed by atoms with Gasteiger partial charge in [0.15, 0.2) is 0 Å². The summed E-state index contributed by atoms with van der Waals surface area (Å²) in [5.74, 6) is 0.837. The molecule has 0 bridgehead atoms. The average molecular weight is 248 g/mol. The maximum atomic E-state index is 5.88. The van der Waals surface area contributed by atoms with Gasteiger partial charge < -0.3 is 10.5 Å². The van der Waals surface area contributed by atoms with E-state index in [-0.39, 0.29) is 0 Å². The lowest BCUT2D eigenvalue weighted by Gasteiger charge is -2.11. The molecule has 0 amide bonds. The smallest absolute Gasteiger partial charge is 0.127 e. The Hall–Kier alpha value is -1.67. The predicted octanol–water partition coefficient (Wildman–Crippen LogP) is 3.99. The molecule has 0 saturated heterocycles. The molecule has 3 heteroatoms. The van der Waals surface area contributed by atoms with Crippen molar-refractivity contribution in [2.45, 2.75) is 6.92 Å². The van der Waals surface area contributed by atoms with Crippen LogP contribution in [0.1, 0.15) is 6.92 Å². The Kier molecular flexibility index (Phi) is 3.55. The summed E-state index contributed by atoms with van der Waals surface area (Å²) in [5.41, 5.74) is 8.57. The van der Waals surface area contributed by atoms with Gasteiger partial charge in [0.05, 0.1) is 6.61 Å². The zero-order valence-corrected chi connectivity index (χ0v) is 10.4. The molecule has 0 fully saturated rings. The second-order valence-electron chi connectivity index (χ2n) is 3.70. The van der Waals surface area contributed by atoms with E-state index in [0.717, 1.165) is 27.6 Å². The summed E-state index contributed by atoms with van der Waals surface area (Å²) in [7, 11) is 0. The van der Waals surface area contributed by atoms with Crippen LogP contribution in [0.25, 0.3) is 11.1 Å². The third kappa shape index (κ3) is 2.71. The van der Waals surface area contributed by atoms with E-state index in [2.05, 4.69) is 0 Å². The van der Waals surface area contributed by atoms with Crippen LogP contribution in [-0.2, 0) is 0 Å². The van der Waals surface area contributed by atoms with E-state index < -0.39 is 0 Å². The van der Waals surface area contributed by atoms with Gasteiger partial charge in [-0.15, -0.1) is 0 Å². The number of ether oxygens (including phenoxy) is 1. The van der Waals surface area contributed by atoms with Crippen molar-refractivity contribution in [2.24, 2.45) is 0 Å². The van der Waals surface area contributed by atoms with Crippen LogP contribution in [-0.4, -0.2) is 6.61 Å². The molecule has 0 unspecified atom stereocenters. The lowest BCUT2D eigenvalue weighted by atomic mass is 10.0. The van der Waals surface area contributed by atoms with E-state index in [4.69, 9.17) is 22.1 Å². The van der Waals surface area contributed by atoms with Crippen LogP contribution in [0, 0.1) is 0 Å². The first-order valence-electron chi connectivity index (χ1n) is 5.49. The number of hydrogen-bond acceptors (Lipinski definition) is 2. The lowest BCUT2D eigenvalue weighted by Crippen LogP contribution is -1.95. The molecule has 88 valence electrons. The zero-order valence-electron chi connectivity index (χ0n) is 9.61. The first-order chi connectivity index (χ1) is 8.20. The molecule has 0 heterocycles. The summed E-state index contributed by atoms with van der Waals surface area (Å²) in [6.07, 6.45) is 0. The number of benzene rings is 2. The highest BCUT2D eigenvalue weighted by molar-refractivity contribution is 6.30. The Bertz CT molecular complexity index is 508. The lowest BCUT2D eigenvalue weighted by molar-refractivity contribution is 0.341. The Morgan fingerprint density at radius 2 is 1.82 bits per heavy atom. The molecule has 2 nitrogen and oxygen atoms in total. The summed E-state index contributed by atoms with van der Waals surface area (Å²) in [5, 5.41) is 0.718. The summed E-state index contributed by atoms with van der Waals surface area (Å²) in [6.45, 7) is 2.59. The SMILES string of the molecule is CCOc1ccc(N)cc1-c1ccc(Cl)cc1. The number of nitrogens with two attached hydrogens (primary N) is 1. The fraction of sp³-hybridized carbons (Fsp3) is 0.143. The second kappa shape index (κ2) is 5.11. The molecular weight excluding hydrogens is 234 g/mol. The molecule has 0 spiro atoms. The van der Waals surface area contributed by atoms with Gasteiger partial charge in [-0.2, -0.15) is 0 Å². The highest BCUT2D eigenvalue weighted by atomic mass is 35.5. The molecule has 0 saturated carbocycles. The molecule has 17 heavy (non-hydrogen) atoms. The molecule has 2 N–H and O–H groups in total. The average Bonchev–Trinajstić information content (AvgIpc) is 2.33. The van der Waals surface area contributed by atoms with Crippen molar-refractivity contribution < 1.29 is 4.74 Å². The van der Waals surface area contributed by atoms with E-state index in [9.17, 15) is 0 Å². The van der Waals surface area contributed by atoms with Crippen LogP contribution in [0.15, 0.2) is 42.5 Å². The standard InChI is InChI=1S/C14H14ClNO/c1-2-17-14-8-7-12(16)9-13(14)10-3-5-11(15)6-4-10/h3-9H,2,16H2,1H3. The van der Waals surface area contributed by atoms with Crippen molar-refractivity contribution in [2.75, 3.05) is 12.3 Å². The van der Waals surface area contributed by atoms with Gasteiger partial charge in [-0.25, -0.2) is 0 Å². The first kappa shape index (κ1) is 11.8. The van der Waals surface area contributed by atoms with Crippen molar-refractivity contribution in [3.05, 3.63) is 47.5 Å². The normalized spacial score (nSPS) is 10.2. The van der Waals surface area contributed by atoms with E-state index in [1.807, 2.05) is 49.4 Å². The highest BCUT2D eigenvalue weighted by Gasteiger charge is 2.06. The van der Waals surface area contributed by atoms with E-state index in [1.165, 1.54) is 0 Å². The number of anilines is 1. The minimum Gasteiger partial charge on any atom is -0.493 e. The van der Waals surface area contributed by atoms with E-state index >= 15 is 0 Å². The van der Waals surface area contributed by atoms with Gasteiger partial charge in [-0.05, 0) is 42.8 Å². The van der Waals surface area contributed by atoms with Gasteiger partial charge >= 0.3 is 0 Å². The highest BCUT2D eigenvalue weighted by Crippen LogP contribution is 2.32. The summed E-state index contributed by atoms with van der Waals surface area (Å²) < 4.78 is 5.59. The number of nitrogen functional groups attached to an aromatic ring is 1. The first-order valence-corrected chi connectivity index (χ1v) is 5.86. The topological polar surface area (TPSA) is 35.2 Å². The predicted molar refractivity (Wildman–Crippen MR) is 72.5 cm³/mol. The molecule has 0 atom stereocenters. The molecular formula is C14H14ClNO. The van der Waals surface area contributed by atoms with Gasteiger partial charge in [0, 0.05) is 16.3 Å². The van der Waals surface area contributed by atoms with Crippen LogP contribution in [0.5, 0.6) is 5.75 Å². The Labute approximate surface area is 106 Å². The van der Waals surface area contributed by atoms with Gasteiger partial charge in [0.2, 0.25) is 0 Å². The fourth-order valence-electron chi connectivity index (χ4n) is 1.68. The minimum atomic E-state index is 0.629. The molecule has 2 aromatic rings. The van der Waals surface area contributed by atoms with Gasteiger partial charge in [0.25, 0.3) is 0 Å². The fourth-order valence-corrected chi connectivity index (χ4v) is 1.81. The number of rotatable bonds is 3. The van der Waals surface area contributed by atoms with Crippen LogP contribution in [0.4, 0.5) is 5.69 Å². The van der Waals surface area contributed by atoms with Crippen molar-refractivity contribution in [1.29, 1.82) is 0 Å². The number of hydrogen-bond donors (Lipinski definition) is 1. The molecule has 2 aromatic carbocycles. The van der Waals surface area contributed by atoms with Crippen LogP contribution in [0.3, 0.4) is 0 Å². The van der Waals surface area contributed by atoms with Crippen LogP contribution < -0.4 is 10.5 Å². The number of halogens is 1. The van der Waals surface area contributed by atoms with Crippen molar-refractivity contribution in [3.8, 4) is 16.9 Å². The summed E-state index contributed by atoms with van der Waals surface area (Å²) in [6, 6.07) is 13.3. The monoisotopic (exact) mass is 247 g/mol. The molecule has 0 radical (unpaired) electrons. The van der Waals surface area contributed by atoms with E-state index in [0.29, 0.717) is 6.61 Å². The summed E-state index contributed by atoms with van der Waals surface area (Å²) >= 11 is 5.88. The van der Waals surface area contributed by atoms with E-state index in [1.54, 1.807) is 0 Å². The summed E-state index contributed by atoms with van der Waals surface area (Å²) in [4.78, 5) is 0. The zero-order chi connectivity index (χ0) is 12.3. The third-order valence-corrected chi connectivity index (χ3v) is 2.71. The molecule has 0 aromatic heterocycles. The molecule has 0 aliphatic heterocycles. The minimum absolute atomic E-state index is 0.629. The van der Waals surface area contributed by atoms with Gasteiger partial charge in [0.1, 0.15) is 5.75 Å². The maximum absolute atomic E-state index is 5.88. The quantitative estimate of drug-likeness (QED) is 0.833. The van der Waals surface area contributed by atoms with Gasteiger partial charge in [-0.3, -0.25) is 0 Å². The molecule has 0 aliphatic carbocycles. The van der Waals surface area contributed by atoms with Crippen molar-refractivity contribution in [1.82, 2.24) is 0 Å². The molecule has 0 aliphatic rings. The van der Waals surface area contributed by atoms with Crippen molar-refractivity contribution >= 4 is 17.3 Å². The Morgan fingerprint density at radius 3 is 2.47 bits per heavy atom. The van der Waals surface area contributed by atoms with Crippen LogP contribution >= 0.6 is 11.6 Å². The molecule has 2 rings (SSSR count). The van der Waals surface area contributed by atoms with Crippen LogP contribution in [0.2, 0.25) is 5.02 Å². The largest absolute Gasteiger partial charge is 0.493 e. The van der Waals surface area contributed by atoms with Crippen molar-refractivity contribution in [3.63, 3.8) is 0 Å².